The zero-order valence-electron chi connectivity index (χ0n) is 16.8. The first-order valence-electron chi connectivity index (χ1n) is 10.2. The Morgan fingerprint density at radius 2 is 1.90 bits per heavy atom. The van der Waals surface area contributed by atoms with Gasteiger partial charge in [-0.3, -0.25) is 4.79 Å². The van der Waals surface area contributed by atoms with Gasteiger partial charge in [-0.15, -0.1) is 0 Å². The second-order valence-corrected chi connectivity index (χ2v) is 7.95. The minimum atomic E-state index is -4.41. The third kappa shape index (κ3) is 4.59. The van der Waals surface area contributed by atoms with Gasteiger partial charge in [0.1, 0.15) is 17.9 Å². The lowest BCUT2D eigenvalue weighted by molar-refractivity contribution is -0.174. The summed E-state index contributed by atoms with van der Waals surface area (Å²) in [7, 11) is 0. The van der Waals surface area contributed by atoms with Gasteiger partial charge in [0, 0.05) is 19.1 Å². The predicted octanol–water partition coefficient (Wildman–Crippen LogP) is 3.41. The number of nitrogens with one attached hydrogen (secondary N) is 1. The Morgan fingerprint density at radius 1 is 1.23 bits per heavy atom. The van der Waals surface area contributed by atoms with Crippen molar-refractivity contribution in [1.82, 2.24) is 19.7 Å². The average molecular weight is 441 g/mol. The van der Waals surface area contributed by atoms with E-state index in [0.29, 0.717) is 31.7 Å². The van der Waals surface area contributed by atoms with Crippen LogP contribution in [0.2, 0.25) is 0 Å². The van der Waals surface area contributed by atoms with Gasteiger partial charge in [0.15, 0.2) is 12.1 Å². The molecular formula is C20H23F4N5O2. The Labute approximate surface area is 176 Å². The number of hydrogen-bond donors (Lipinski definition) is 1. The quantitative estimate of drug-likeness (QED) is 0.737. The van der Waals surface area contributed by atoms with Crippen molar-refractivity contribution in [3.8, 4) is 5.75 Å². The number of nitrogens with zero attached hydrogens (tertiary/aromatic N) is 4. The van der Waals surface area contributed by atoms with Gasteiger partial charge in [-0.2, -0.15) is 23.3 Å². The largest absolute Gasteiger partial charge is 0.481 e. The normalized spacial score (nSPS) is 23.1. The number of fused-ring (bicyclic) bond motifs is 1. The number of ether oxygens (including phenoxy) is 1. The Balaban J connectivity index is 1.34. The van der Waals surface area contributed by atoms with Crippen molar-refractivity contribution in [2.24, 2.45) is 5.92 Å². The maximum atomic E-state index is 13.5. The minimum Gasteiger partial charge on any atom is -0.481 e. The van der Waals surface area contributed by atoms with Crippen LogP contribution >= 0.6 is 0 Å². The molecular weight excluding hydrogens is 418 g/mol. The van der Waals surface area contributed by atoms with Gasteiger partial charge >= 0.3 is 6.18 Å². The Kier molecular flexibility index (Phi) is 5.76. The van der Waals surface area contributed by atoms with E-state index in [-0.39, 0.29) is 24.2 Å². The first-order chi connectivity index (χ1) is 14.7. The summed E-state index contributed by atoms with van der Waals surface area (Å²) in [5.41, 5.74) is 0. The SMILES string of the molecule is C[C@H](Oc1ccc(F)cc1)C(=O)N1CCC([C@@H]2C[C@H](C(F)(F)F)n3ncnc3N2)CC1. The lowest BCUT2D eigenvalue weighted by atomic mass is 9.85. The van der Waals surface area contributed by atoms with Gasteiger partial charge in [0.25, 0.3) is 5.91 Å². The molecule has 31 heavy (non-hydrogen) atoms. The number of aromatic nitrogens is 3. The van der Waals surface area contributed by atoms with Gasteiger partial charge in [0.05, 0.1) is 0 Å². The smallest absolute Gasteiger partial charge is 0.411 e. The number of alkyl halides is 3. The zero-order chi connectivity index (χ0) is 22.2. The van der Waals surface area contributed by atoms with Crippen molar-refractivity contribution in [3.63, 3.8) is 0 Å². The van der Waals surface area contributed by atoms with E-state index in [2.05, 4.69) is 15.4 Å². The number of carbonyl (C=O) groups excluding carboxylic acids is 1. The third-order valence-electron chi connectivity index (χ3n) is 5.93. The number of piperidine rings is 1. The molecule has 7 nitrogen and oxygen atoms in total. The summed E-state index contributed by atoms with van der Waals surface area (Å²) < 4.78 is 60.0. The van der Waals surface area contributed by atoms with Gasteiger partial charge in [-0.1, -0.05) is 0 Å². The van der Waals surface area contributed by atoms with E-state index in [1.807, 2.05) is 0 Å². The summed E-state index contributed by atoms with van der Waals surface area (Å²) in [4.78, 5) is 18.3. The van der Waals surface area contributed by atoms with Crippen LogP contribution in [-0.2, 0) is 4.79 Å². The van der Waals surface area contributed by atoms with Gasteiger partial charge in [-0.25, -0.2) is 9.07 Å². The van der Waals surface area contributed by atoms with Crippen LogP contribution in [0.25, 0.3) is 0 Å². The fourth-order valence-electron chi connectivity index (χ4n) is 4.28. The highest BCUT2D eigenvalue weighted by Crippen LogP contribution is 2.41. The molecule has 1 N–H and O–H groups in total. The summed E-state index contributed by atoms with van der Waals surface area (Å²) in [6, 6.07) is 3.31. The number of likely N-dealkylation sites (tertiary alicyclic amines) is 1. The molecule has 0 spiro atoms. The fourth-order valence-corrected chi connectivity index (χ4v) is 4.28. The van der Waals surface area contributed by atoms with Gasteiger partial charge in [-0.05, 0) is 56.4 Å². The number of anilines is 1. The Bertz CT molecular complexity index is 909. The molecule has 1 aromatic carbocycles. The maximum absolute atomic E-state index is 13.5. The molecule has 1 amide bonds. The van der Waals surface area contributed by atoms with Crippen LogP contribution < -0.4 is 10.1 Å². The van der Waals surface area contributed by atoms with Crippen LogP contribution in [-0.4, -0.2) is 57.0 Å². The van der Waals surface area contributed by atoms with E-state index in [1.165, 1.54) is 24.3 Å². The van der Waals surface area contributed by atoms with Crippen LogP contribution in [0.15, 0.2) is 30.6 Å². The van der Waals surface area contributed by atoms with Crippen molar-refractivity contribution < 1.29 is 27.1 Å². The monoisotopic (exact) mass is 441 g/mol. The molecule has 11 heteroatoms. The molecule has 1 aromatic heterocycles. The topological polar surface area (TPSA) is 72.3 Å². The summed E-state index contributed by atoms with van der Waals surface area (Å²) >= 11 is 0. The lowest BCUT2D eigenvalue weighted by Crippen LogP contribution is -2.49. The van der Waals surface area contributed by atoms with Crippen molar-refractivity contribution in [1.29, 1.82) is 0 Å². The van der Waals surface area contributed by atoms with E-state index in [0.717, 1.165) is 11.0 Å². The molecule has 2 aromatic rings. The lowest BCUT2D eigenvalue weighted by Gasteiger charge is -2.40. The van der Waals surface area contributed by atoms with Crippen LogP contribution in [0.3, 0.4) is 0 Å². The number of halogens is 4. The van der Waals surface area contributed by atoms with Crippen molar-refractivity contribution in [2.75, 3.05) is 18.4 Å². The molecule has 4 rings (SSSR count). The first-order valence-corrected chi connectivity index (χ1v) is 10.2. The standard InChI is InChI=1S/C20H23F4N5O2/c1-12(31-15-4-2-14(21)3-5-15)18(30)28-8-6-13(7-9-28)16-10-17(20(22,23)24)29-19(27-16)25-11-26-29/h2-5,11-13,16-17H,6-10H2,1H3,(H,25,26,27)/t12-,16-,17+/m0/s1. The molecule has 0 saturated carbocycles. The number of amides is 1. The Hall–Kier alpha value is -2.85. The Morgan fingerprint density at radius 3 is 2.55 bits per heavy atom. The number of benzene rings is 1. The van der Waals surface area contributed by atoms with E-state index in [1.54, 1.807) is 11.8 Å². The summed E-state index contributed by atoms with van der Waals surface area (Å²) in [6.45, 7) is 2.49. The number of rotatable bonds is 4. The summed E-state index contributed by atoms with van der Waals surface area (Å²) in [5, 5.41) is 6.80. The molecule has 2 aliphatic rings. The second-order valence-electron chi connectivity index (χ2n) is 7.95. The maximum Gasteiger partial charge on any atom is 0.411 e. The second kappa shape index (κ2) is 8.35. The van der Waals surface area contributed by atoms with Crippen LogP contribution in [0.5, 0.6) is 5.75 Å². The molecule has 0 unspecified atom stereocenters. The van der Waals surface area contributed by atoms with Gasteiger partial charge in [0.2, 0.25) is 5.95 Å². The van der Waals surface area contributed by atoms with E-state index in [9.17, 15) is 22.4 Å². The van der Waals surface area contributed by atoms with Crippen LogP contribution in [0.1, 0.15) is 32.2 Å². The van der Waals surface area contributed by atoms with E-state index < -0.39 is 30.2 Å². The van der Waals surface area contributed by atoms with Crippen molar-refractivity contribution in [2.45, 2.75) is 50.6 Å². The number of carbonyl (C=O) groups is 1. The highest BCUT2D eigenvalue weighted by molar-refractivity contribution is 5.81. The third-order valence-corrected chi connectivity index (χ3v) is 5.93. The molecule has 0 radical (unpaired) electrons. The van der Waals surface area contributed by atoms with Crippen molar-refractivity contribution >= 4 is 11.9 Å². The molecule has 0 aliphatic carbocycles. The van der Waals surface area contributed by atoms with Crippen LogP contribution in [0.4, 0.5) is 23.5 Å². The number of hydrogen-bond acceptors (Lipinski definition) is 5. The molecule has 1 saturated heterocycles. The highest BCUT2D eigenvalue weighted by atomic mass is 19.4. The van der Waals surface area contributed by atoms with Crippen molar-refractivity contribution in [3.05, 3.63) is 36.4 Å². The molecule has 168 valence electrons. The van der Waals surface area contributed by atoms with Crippen LogP contribution in [0, 0.1) is 11.7 Å². The molecule has 1 fully saturated rings. The molecule has 0 bridgehead atoms. The molecule has 2 aliphatic heterocycles. The zero-order valence-corrected chi connectivity index (χ0v) is 16.8. The predicted molar refractivity (Wildman–Crippen MR) is 103 cm³/mol. The summed E-state index contributed by atoms with van der Waals surface area (Å²) in [6.07, 6.45) is -3.01. The average Bonchev–Trinajstić information content (AvgIpc) is 3.22. The fraction of sp³-hybridized carbons (Fsp3) is 0.550. The summed E-state index contributed by atoms with van der Waals surface area (Å²) in [5.74, 6) is -0.0973. The molecule has 3 atom stereocenters. The molecule has 3 heterocycles. The minimum absolute atomic E-state index is 0.0207. The van der Waals surface area contributed by atoms with Gasteiger partial charge < -0.3 is 15.0 Å². The van der Waals surface area contributed by atoms with E-state index >= 15 is 0 Å². The van der Waals surface area contributed by atoms with E-state index in [4.69, 9.17) is 4.74 Å². The highest BCUT2D eigenvalue weighted by Gasteiger charge is 2.48. The first kappa shape index (κ1) is 21.4.